The van der Waals surface area contributed by atoms with Gasteiger partial charge in [0, 0.05) is 6.20 Å². The van der Waals surface area contributed by atoms with Crippen molar-refractivity contribution in [2.24, 2.45) is 0 Å². The van der Waals surface area contributed by atoms with Gasteiger partial charge in [0.15, 0.2) is 0 Å². The fourth-order valence-corrected chi connectivity index (χ4v) is 2.57. The first-order valence-corrected chi connectivity index (χ1v) is 7.91. The Balaban J connectivity index is 1.73. The lowest BCUT2D eigenvalue weighted by Crippen LogP contribution is -2.15. The second-order valence-corrected chi connectivity index (χ2v) is 6.04. The number of rotatable bonds is 4. The van der Waals surface area contributed by atoms with E-state index in [4.69, 9.17) is 23.2 Å². The molecule has 0 radical (unpaired) electrons. The van der Waals surface area contributed by atoms with Gasteiger partial charge in [-0.25, -0.2) is 8.78 Å². The second kappa shape index (κ2) is 7.21. The van der Waals surface area contributed by atoms with Crippen LogP contribution >= 0.6 is 23.2 Å². The first-order valence-electron chi connectivity index (χ1n) is 7.16. The Labute approximate surface area is 152 Å². The van der Waals surface area contributed by atoms with E-state index in [0.29, 0.717) is 22.3 Å². The Bertz CT molecular complexity index is 923. The van der Waals surface area contributed by atoms with E-state index in [1.807, 2.05) is 0 Å². The molecule has 0 aliphatic rings. The minimum atomic E-state index is -0.930. The number of hydrogen-bond donors (Lipinski definition) is 1. The maximum atomic E-state index is 13.6. The van der Waals surface area contributed by atoms with Crippen LogP contribution in [0.2, 0.25) is 10.0 Å². The van der Waals surface area contributed by atoms with Gasteiger partial charge in [-0.3, -0.25) is 9.48 Å². The molecule has 0 atom stereocenters. The Morgan fingerprint density at radius 2 is 1.84 bits per heavy atom. The molecule has 0 saturated heterocycles. The van der Waals surface area contributed by atoms with Crippen molar-refractivity contribution >= 4 is 34.8 Å². The van der Waals surface area contributed by atoms with E-state index in [1.165, 1.54) is 12.3 Å². The van der Waals surface area contributed by atoms with E-state index < -0.39 is 23.1 Å². The predicted molar refractivity (Wildman–Crippen MR) is 92.1 cm³/mol. The topological polar surface area (TPSA) is 46.9 Å². The summed E-state index contributed by atoms with van der Waals surface area (Å²) in [4.78, 5) is 12.0. The van der Waals surface area contributed by atoms with Crippen LogP contribution in [0.5, 0.6) is 0 Å². The van der Waals surface area contributed by atoms with Crippen molar-refractivity contribution in [2.45, 2.75) is 6.54 Å². The number of amides is 1. The Kier molecular flexibility index (Phi) is 5.01. The molecule has 128 valence electrons. The van der Waals surface area contributed by atoms with Crippen molar-refractivity contribution in [1.82, 2.24) is 9.78 Å². The molecule has 0 spiro atoms. The molecule has 0 aliphatic heterocycles. The van der Waals surface area contributed by atoms with Gasteiger partial charge in [-0.2, -0.15) is 5.10 Å². The summed E-state index contributed by atoms with van der Waals surface area (Å²) in [5.74, 6) is -2.74. The molecule has 25 heavy (non-hydrogen) atoms. The van der Waals surface area contributed by atoms with Crippen molar-refractivity contribution in [3.05, 3.63) is 81.6 Å². The van der Waals surface area contributed by atoms with E-state index in [-0.39, 0.29) is 0 Å². The van der Waals surface area contributed by atoms with Crippen LogP contribution in [0, 0.1) is 11.6 Å². The molecule has 0 aliphatic carbocycles. The Hall–Kier alpha value is -2.44. The van der Waals surface area contributed by atoms with Gasteiger partial charge in [0.2, 0.25) is 0 Å². The highest BCUT2D eigenvalue weighted by atomic mass is 35.5. The highest BCUT2D eigenvalue weighted by molar-refractivity contribution is 6.42. The number of carbonyl (C=O) groups excluding carboxylic acids is 1. The van der Waals surface area contributed by atoms with Crippen LogP contribution in [0.25, 0.3) is 0 Å². The molecule has 0 bridgehead atoms. The van der Waals surface area contributed by atoms with Crippen LogP contribution < -0.4 is 5.32 Å². The van der Waals surface area contributed by atoms with Gasteiger partial charge < -0.3 is 5.32 Å². The van der Waals surface area contributed by atoms with E-state index in [1.54, 1.807) is 29.1 Å². The lowest BCUT2D eigenvalue weighted by molar-refractivity contribution is 0.101. The summed E-state index contributed by atoms with van der Waals surface area (Å²) < 4.78 is 28.8. The van der Waals surface area contributed by atoms with Crippen LogP contribution in [-0.2, 0) is 6.54 Å². The molecule has 1 amide bonds. The van der Waals surface area contributed by atoms with Crippen molar-refractivity contribution in [2.75, 3.05) is 5.32 Å². The van der Waals surface area contributed by atoms with Crippen molar-refractivity contribution in [3.8, 4) is 0 Å². The number of carbonyl (C=O) groups is 1. The number of halogens is 4. The molecule has 4 nitrogen and oxygen atoms in total. The Morgan fingerprint density at radius 3 is 2.52 bits per heavy atom. The fourth-order valence-electron chi connectivity index (χ4n) is 2.25. The van der Waals surface area contributed by atoms with Gasteiger partial charge in [-0.05, 0) is 29.8 Å². The third-order valence-corrected chi connectivity index (χ3v) is 4.15. The van der Waals surface area contributed by atoms with Crippen LogP contribution in [0.4, 0.5) is 14.5 Å². The smallest absolute Gasteiger partial charge is 0.261 e. The average Bonchev–Trinajstić information content (AvgIpc) is 2.98. The Morgan fingerprint density at radius 1 is 1.12 bits per heavy atom. The van der Waals surface area contributed by atoms with E-state index >= 15 is 0 Å². The second-order valence-electron chi connectivity index (χ2n) is 5.23. The van der Waals surface area contributed by atoms with Crippen LogP contribution in [0.1, 0.15) is 15.9 Å². The molecule has 1 aromatic heterocycles. The summed E-state index contributed by atoms with van der Waals surface area (Å²) in [6.07, 6.45) is 2.92. The zero-order valence-corrected chi connectivity index (χ0v) is 14.2. The third kappa shape index (κ3) is 3.97. The zero-order valence-electron chi connectivity index (χ0n) is 12.6. The molecule has 8 heteroatoms. The molecule has 3 rings (SSSR count). The predicted octanol–water partition coefficient (Wildman–Crippen LogP) is 4.77. The average molecular weight is 382 g/mol. The molecule has 0 saturated carbocycles. The fraction of sp³-hybridized carbons (Fsp3) is 0.0588. The molecular formula is C17H11Cl2F2N3O. The zero-order chi connectivity index (χ0) is 18.0. The number of nitrogens with zero attached hydrogens (tertiary/aromatic N) is 2. The normalized spacial score (nSPS) is 10.7. The largest absolute Gasteiger partial charge is 0.319 e. The molecule has 2 aromatic carbocycles. The molecular weight excluding hydrogens is 371 g/mol. The first-order chi connectivity index (χ1) is 11.9. The molecule has 1 N–H and O–H groups in total. The molecule has 3 aromatic rings. The maximum Gasteiger partial charge on any atom is 0.261 e. The van der Waals surface area contributed by atoms with Crippen LogP contribution in [0.15, 0.2) is 48.8 Å². The number of aromatic nitrogens is 2. The SMILES string of the molecule is O=C(Nc1cnn(Cc2ccc(Cl)c(Cl)c2)c1)c1c(F)cccc1F. The summed E-state index contributed by atoms with van der Waals surface area (Å²) in [6.45, 7) is 0.390. The monoisotopic (exact) mass is 381 g/mol. The lowest BCUT2D eigenvalue weighted by Gasteiger charge is -2.05. The van der Waals surface area contributed by atoms with Crippen LogP contribution in [-0.4, -0.2) is 15.7 Å². The number of nitrogens with one attached hydrogen (secondary N) is 1. The number of hydrogen-bond acceptors (Lipinski definition) is 2. The van der Waals surface area contributed by atoms with Crippen molar-refractivity contribution in [1.29, 1.82) is 0 Å². The van der Waals surface area contributed by atoms with Crippen LogP contribution in [0.3, 0.4) is 0 Å². The quantitative estimate of drug-likeness (QED) is 0.707. The summed E-state index contributed by atoms with van der Waals surface area (Å²) in [6, 6.07) is 8.40. The van der Waals surface area contributed by atoms with E-state index in [9.17, 15) is 13.6 Å². The number of benzene rings is 2. The van der Waals surface area contributed by atoms with Gasteiger partial charge in [0.05, 0.1) is 28.5 Å². The van der Waals surface area contributed by atoms with Gasteiger partial charge in [-0.15, -0.1) is 0 Å². The van der Waals surface area contributed by atoms with E-state index in [0.717, 1.165) is 17.7 Å². The summed E-state index contributed by atoms with van der Waals surface area (Å²) in [5.41, 5.74) is 0.531. The van der Waals surface area contributed by atoms with E-state index in [2.05, 4.69) is 10.4 Å². The highest BCUT2D eigenvalue weighted by Crippen LogP contribution is 2.23. The lowest BCUT2D eigenvalue weighted by atomic mass is 10.2. The highest BCUT2D eigenvalue weighted by Gasteiger charge is 2.17. The van der Waals surface area contributed by atoms with Gasteiger partial charge >= 0.3 is 0 Å². The summed E-state index contributed by atoms with van der Waals surface area (Å²) >= 11 is 11.8. The minimum Gasteiger partial charge on any atom is -0.319 e. The minimum absolute atomic E-state index is 0.313. The molecule has 0 unspecified atom stereocenters. The van der Waals surface area contributed by atoms with Crippen molar-refractivity contribution < 1.29 is 13.6 Å². The standard InChI is InChI=1S/C17H11Cl2F2N3O/c18-12-5-4-10(6-13(12)19)8-24-9-11(7-22-24)23-17(25)16-14(20)2-1-3-15(16)21/h1-7,9H,8H2,(H,23,25). The van der Waals surface area contributed by atoms with Gasteiger partial charge in [0.1, 0.15) is 17.2 Å². The first kappa shape index (κ1) is 17.4. The molecule has 0 fully saturated rings. The van der Waals surface area contributed by atoms with Crippen molar-refractivity contribution in [3.63, 3.8) is 0 Å². The van der Waals surface area contributed by atoms with Gasteiger partial charge in [-0.1, -0.05) is 35.3 Å². The number of anilines is 1. The summed E-state index contributed by atoms with van der Waals surface area (Å²) in [5, 5.41) is 7.39. The maximum absolute atomic E-state index is 13.6. The third-order valence-electron chi connectivity index (χ3n) is 3.41. The summed E-state index contributed by atoms with van der Waals surface area (Å²) in [7, 11) is 0. The van der Waals surface area contributed by atoms with Gasteiger partial charge in [0.25, 0.3) is 5.91 Å². The molecule has 1 heterocycles.